The lowest BCUT2D eigenvalue weighted by atomic mass is 9.92. The molecule has 3 rings (SSSR count). The lowest BCUT2D eigenvalue weighted by Crippen LogP contribution is -2.35. The van der Waals surface area contributed by atoms with Crippen molar-refractivity contribution in [1.29, 1.82) is 0 Å². The van der Waals surface area contributed by atoms with Gasteiger partial charge in [-0.2, -0.15) is 4.98 Å². The molecule has 1 fully saturated rings. The summed E-state index contributed by atoms with van der Waals surface area (Å²) in [5, 5.41) is 16.0. The molecule has 0 aliphatic carbocycles. The molecule has 176 valence electrons. The van der Waals surface area contributed by atoms with Gasteiger partial charge in [0.15, 0.2) is 0 Å². The summed E-state index contributed by atoms with van der Waals surface area (Å²) in [6.07, 6.45) is 4.39. The van der Waals surface area contributed by atoms with Gasteiger partial charge in [0, 0.05) is 30.6 Å². The SMILES string of the molecule is Cc1cc(OCCCC2CCN(c3noc(C(C)C)n3)CC2)ccc1C(=O)NC(C)CO. The van der Waals surface area contributed by atoms with Crippen LogP contribution in [0.15, 0.2) is 22.7 Å². The van der Waals surface area contributed by atoms with E-state index in [2.05, 4.69) is 34.2 Å². The van der Waals surface area contributed by atoms with Crippen LogP contribution in [0.25, 0.3) is 0 Å². The molecule has 0 saturated carbocycles. The van der Waals surface area contributed by atoms with Crippen LogP contribution in [-0.2, 0) is 0 Å². The Morgan fingerprint density at radius 2 is 2.06 bits per heavy atom. The first-order valence-electron chi connectivity index (χ1n) is 11.6. The molecule has 2 N–H and O–H groups in total. The predicted octanol–water partition coefficient (Wildman–Crippen LogP) is 3.69. The van der Waals surface area contributed by atoms with E-state index < -0.39 is 0 Å². The predicted molar refractivity (Wildman–Crippen MR) is 123 cm³/mol. The van der Waals surface area contributed by atoms with Gasteiger partial charge < -0.3 is 24.6 Å². The van der Waals surface area contributed by atoms with Gasteiger partial charge in [0.05, 0.1) is 13.2 Å². The molecule has 0 spiro atoms. The number of aromatic nitrogens is 2. The van der Waals surface area contributed by atoms with Crippen molar-refractivity contribution in [3.8, 4) is 5.75 Å². The Morgan fingerprint density at radius 1 is 1.31 bits per heavy atom. The molecule has 2 aromatic rings. The quantitative estimate of drug-likeness (QED) is 0.539. The Bertz CT molecular complexity index is 875. The molecule has 32 heavy (non-hydrogen) atoms. The molecule has 2 heterocycles. The molecule has 1 atom stereocenters. The number of benzene rings is 1. The van der Waals surface area contributed by atoms with Crippen molar-refractivity contribution in [3.05, 3.63) is 35.2 Å². The first-order valence-corrected chi connectivity index (χ1v) is 11.6. The molecule has 1 unspecified atom stereocenters. The zero-order valence-corrected chi connectivity index (χ0v) is 19.6. The fourth-order valence-electron chi connectivity index (χ4n) is 3.90. The summed E-state index contributed by atoms with van der Waals surface area (Å²) in [6, 6.07) is 5.24. The maximum absolute atomic E-state index is 12.2. The van der Waals surface area contributed by atoms with E-state index in [1.54, 1.807) is 13.0 Å². The highest BCUT2D eigenvalue weighted by Crippen LogP contribution is 2.26. The normalized spacial score (nSPS) is 15.8. The number of aliphatic hydroxyl groups is 1. The van der Waals surface area contributed by atoms with E-state index in [0.29, 0.717) is 29.9 Å². The topological polar surface area (TPSA) is 101 Å². The van der Waals surface area contributed by atoms with E-state index in [1.165, 1.54) is 0 Å². The summed E-state index contributed by atoms with van der Waals surface area (Å²) in [4.78, 5) is 19.0. The standard InChI is InChI=1S/C24H36N4O4/c1-16(2)23-26-24(27-32-23)28-11-9-19(10-12-28)6-5-13-31-20-7-8-21(17(3)14-20)22(30)25-18(4)15-29/h7-8,14,16,18-19,29H,5-6,9-13,15H2,1-4H3,(H,25,30). The zero-order chi connectivity index (χ0) is 23.1. The van der Waals surface area contributed by atoms with Crippen LogP contribution in [0.4, 0.5) is 5.95 Å². The number of amides is 1. The van der Waals surface area contributed by atoms with Gasteiger partial charge in [-0.15, -0.1) is 0 Å². The van der Waals surface area contributed by atoms with Gasteiger partial charge in [-0.1, -0.05) is 13.8 Å². The average molecular weight is 445 g/mol. The first kappa shape index (κ1) is 24.0. The highest BCUT2D eigenvalue weighted by molar-refractivity contribution is 5.95. The minimum Gasteiger partial charge on any atom is -0.494 e. The summed E-state index contributed by atoms with van der Waals surface area (Å²) in [5.74, 6) is 2.95. The molecule has 8 heteroatoms. The van der Waals surface area contributed by atoms with E-state index in [9.17, 15) is 4.79 Å². The average Bonchev–Trinajstić information content (AvgIpc) is 3.28. The van der Waals surface area contributed by atoms with Crippen molar-refractivity contribution in [2.45, 2.75) is 65.3 Å². The Labute approximate surface area is 190 Å². The van der Waals surface area contributed by atoms with Gasteiger partial charge in [0.2, 0.25) is 5.89 Å². The number of hydrogen-bond acceptors (Lipinski definition) is 7. The molecule has 1 aliphatic rings. The van der Waals surface area contributed by atoms with Gasteiger partial charge in [0.25, 0.3) is 11.9 Å². The number of rotatable bonds is 10. The number of aliphatic hydroxyl groups excluding tert-OH is 1. The third kappa shape index (κ3) is 6.45. The van der Waals surface area contributed by atoms with Crippen molar-refractivity contribution in [3.63, 3.8) is 0 Å². The zero-order valence-electron chi connectivity index (χ0n) is 19.6. The summed E-state index contributed by atoms with van der Waals surface area (Å²) in [7, 11) is 0. The number of carbonyl (C=O) groups excluding carboxylic acids is 1. The van der Waals surface area contributed by atoms with Gasteiger partial charge in [-0.05, 0) is 74.4 Å². The minimum atomic E-state index is -0.269. The molecule has 1 aliphatic heterocycles. The Balaban J connectivity index is 1.37. The molecule has 1 saturated heterocycles. The van der Waals surface area contributed by atoms with Crippen LogP contribution in [0.1, 0.15) is 74.2 Å². The van der Waals surface area contributed by atoms with Crippen LogP contribution in [0, 0.1) is 12.8 Å². The second kappa shape index (κ2) is 11.3. The van der Waals surface area contributed by atoms with Crippen LogP contribution >= 0.6 is 0 Å². The van der Waals surface area contributed by atoms with E-state index in [-0.39, 0.29) is 24.5 Å². The van der Waals surface area contributed by atoms with Crippen molar-refractivity contribution in [1.82, 2.24) is 15.5 Å². The minimum absolute atomic E-state index is 0.0822. The number of nitrogens with zero attached hydrogens (tertiary/aromatic N) is 3. The second-order valence-electron chi connectivity index (χ2n) is 9.04. The summed E-state index contributed by atoms with van der Waals surface area (Å²) >= 11 is 0. The number of carbonyl (C=O) groups is 1. The van der Waals surface area contributed by atoms with E-state index >= 15 is 0 Å². The largest absolute Gasteiger partial charge is 0.494 e. The highest BCUT2D eigenvalue weighted by atomic mass is 16.5. The molecule has 8 nitrogen and oxygen atoms in total. The first-order chi connectivity index (χ1) is 15.4. The van der Waals surface area contributed by atoms with Crippen molar-refractivity contribution in [2.24, 2.45) is 5.92 Å². The number of piperidine rings is 1. The highest BCUT2D eigenvalue weighted by Gasteiger charge is 2.23. The summed E-state index contributed by atoms with van der Waals surface area (Å²) in [5.41, 5.74) is 1.46. The lowest BCUT2D eigenvalue weighted by Gasteiger charge is -2.30. The fourth-order valence-corrected chi connectivity index (χ4v) is 3.90. The Hall–Kier alpha value is -2.61. The Morgan fingerprint density at radius 3 is 2.69 bits per heavy atom. The molecule has 1 aromatic carbocycles. The van der Waals surface area contributed by atoms with E-state index in [1.807, 2.05) is 19.1 Å². The maximum atomic E-state index is 12.2. The van der Waals surface area contributed by atoms with Crippen molar-refractivity contribution < 1.29 is 19.2 Å². The molecule has 1 aromatic heterocycles. The van der Waals surface area contributed by atoms with Gasteiger partial charge in [0.1, 0.15) is 5.75 Å². The number of hydrogen-bond donors (Lipinski definition) is 2. The van der Waals surface area contributed by atoms with Crippen LogP contribution in [-0.4, -0.2) is 53.5 Å². The van der Waals surface area contributed by atoms with Crippen LogP contribution in [0.5, 0.6) is 5.75 Å². The van der Waals surface area contributed by atoms with Crippen LogP contribution < -0.4 is 15.0 Å². The summed E-state index contributed by atoms with van der Waals surface area (Å²) < 4.78 is 11.2. The third-order valence-electron chi connectivity index (χ3n) is 5.94. The van der Waals surface area contributed by atoms with Crippen LogP contribution in [0.2, 0.25) is 0 Å². The smallest absolute Gasteiger partial charge is 0.266 e. The molecule has 1 amide bonds. The summed E-state index contributed by atoms with van der Waals surface area (Å²) in [6.45, 7) is 10.3. The maximum Gasteiger partial charge on any atom is 0.266 e. The monoisotopic (exact) mass is 444 g/mol. The molecule has 0 bridgehead atoms. The van der Waals surface area contributed by atoms with Crippen molar-refractivity contribution >= 4 is 11.9 Å². The number of anilines is 1. The molecular weight excluding hydrogens is 408 g/mol. The number of nitrogens with one attached hydrogen (secondary N) is 1. The van der Waals surface area contributed by atoms with Crippen LogP contribution in [0.3, 0.4) is 0 Å². The molecule has 0 radical (unpaired) electrons. The number of ether oxygens (including phenoxy) is 1. The Kier molecular flexibility index (Phi) is 8.50. The van der Waals surface area contributed by atoms with Crippen molar-refractivity contribution in [2.75, 3.05) is 31.2 Å². The van der Waals surface area contributed by atoms with E-state index in [0.717, 1.165) is 50.1 Å². The second-order valence-corrected chi connectivity index (χ2v) is 9.04. The van der Waals surface area contributed by atoms with Gasteiger partial charge in [-0.25, -0.2) is 0 Å². The van der Waals surface area contributed by atoms with Gasteiger partial charge >= 0.3 is 0 Å². The van der Waals surface area contributed by atoms with E-state index in [4.69, 9.17) is 14.4 Å². The lowest BCUT2D eigenvalue weighted by molar-refractivity contribution is 0.0921. The fraction of sp³-hybridized carbons (Fsp3) is 0.625. The number of aryl methyl sites for hydroxylation is 1. The third-order valence-corrected chi connectivity index (χ3v) is 5.94. The van der Waals surface area contributed by atoms with Gasteiger partial charge in [-0.3, -0.25) is 4.79 Å². The molecular formula is C24H36N4O4.